The van der Waals surface area contributed by atoms with E-state index in [1.807, 2.05) is 36.7 Å². The fourth-order valence-electron chi connectivity index (χ4n) is 8.06. The van der Waals surface area contributed by atoms with Crippen molar-refractivity contribution in [3.63, 3.8) is 0 Å². The van der Waals surface area contributed by atoms with Gasteiger partial charge in [-0.3, -0.25) is 9.55 Å². The fraction of sp³-hybridized carbons (Fsp3) is 0. The Morgan fingerprint density at radius 1 is 0.377 bits per heavy atom. The van der Waals surface area contributed by atoms with Gasteiger partial charge >= 0.3 is 0 Å². The smallest absolute Gasteiger partial charge is 0.238 e. The number of hydrogen-bond donors (Lipinski definition) is 0. The van der Waals surface area contributed by atoms with Crippen LogP contribution in [0.4, 0.5) is 0 Å². The quantitative estimate of drug-likeness (QED) is 0.186. The van der Waals surface area contributed by atoms with Gasteiger partial charge in [0, 0.05) is 39.9 Å². The third-order valence-electron chi connectivity index (χ3n) is 10.5. The van der Waals surface area contributed by atoms with Gasteiger partial charge < -0.3 is 0 Å². The van der Waals surface area contributed by atoms with E-state index in [0.717, 1.165) is 55.2 Å². The van der Waals surface area contributed by atoms with Gasteiger partial charge in [0.1, 0.15) is 0 Å². The van der Waals surface area contributed by atoms with Gasteiger partial charge in [-0.1, -0.05) is 140 Å². The maximum atomic E-state index is 5.25. The zero-order valence-corrected chi connectivity index (χ0v) is 28.5. The lowest BCUT2D eigenvalue weighted by Crippen LogP contribution is -2.06. The van der Waals surface area contributed by atoms with Crippen molar-refractivity contribution in [2.45, 2.75) is 0 Å². The van der Waals surface area contributed by atoms with Crippen molar-refractivity contribution in [1.29, 1.82) is 0 Å². The zero-order chi connectivity index (χ0) is 34.9. The first kappa shape index (κ1) is 29.5. The second kappa shape index (κ2) is 11.7. The highest BCUT2D eigenvalue weighted by Crippen LogP contribution is 2.49. The number of fused-ring (bicyclic) bond motifs is 8. The van der Waals surface area contributed by atoms with Gasteiger partial charge in [-0.05, 0) is 74.0 Å². The third-order valence-corrected chi connectivity index (χ3v) is 10.5. The molecule has 0 spiro atoms. The van der Waals surface area contributed by atoms with Crippen LogP contribution in [0.25, 0.3) is 106 Å². The molecule has 0 unspecified atom stereocenters. The van der Waals surface area contributed by atoms with Crippen LogP contribution >= 0.6 is 0 Å². The molecule has 3 heterocycles. The van der Waals surface area contributed by atoms with E-state index in [4.69, 9.17) is 15.0 Å². The normalized spacial score (nSPS) is 11.8. The summed E-state index contributed by atoms with van der Waals surface area (Å²) < 4.78 is 2.21. The summed E-state index contributed by atoms with van der Waals surface area (Å²) in [5.74, 6) is 1.81. The second-order valence-corrected chi connectivity index (χ2v) is 13.5. The van der Waals surface area contributed by atoms with Crippen LogP contribution in [0.2, 0.25) is 0 Å². The van der Waals surface area contributed by atoms with Gasteiger partial charge in [-0.25, -0.2) is 4.98 Å². The third kappa shape index (κ3) is 4.64. The summed E-state index contributed by atoms with van der Waals surface area (Å²) in [6.07, 6.45) is 3.91. The van der Waals surface area contributed by atoms with E-state index in [0.29, 0.717) is 17.6 Å². The highest BCUT2D eigenvalue weighted by Gasteiger charge is 2.25. The Bertz CT molecular complexity index is 3030. The Kier molecular flexibility index (Phi) is 6.48. The summed E-state index contributed by atoms with van der Waals surface area (Å²) in [6, 6.07) is 57.6. The molecule has 5 nitrogen and oxygen atoms in total. The summed E-state index contributed by atoms with van der Waals surface area (Å²) in [7, 11) is 0. The molecular formula is C48H29N5. The molecular weight excluding hydrogens is 647 g/mol. The molecule has 0 fully saturated rings. The Labute approximate surface area is 305 Å². The number of benzene rings is 7. The summed E-state index contributed by atoms with van der Waals surface area (Å²) in [5.41, 5.74) is 13.3. The van der Waals surface area contributed by atoms with Crippen molar-refractivity contribution in [3.8, 4) is 73.2 Å². The first-order valence-corrected chi connectivity index (χ1v) is 17.8. The average Bonchev–Trinajstić information content (AvgIpc) is 3.50. The standard InChI is InChI=1S/C48H29N5/c1-3-11-30(12-4-1)31-21-23-34(24-22-31)47-50-46(33-13-5-2-6-14-33)51-48(52-47)53-43-20-8-7-17-36(43)41-27-39-40(28-44(41)53)38-19-10-16-32-15-9-18-37(45(32)38)35-25-26-49-29-42(35)39/h1-29H. The van der Waals surface area contributed by atoms with Gasteiger partial charge in [0.05, 0.1) is 11.0 Å². The van der Waals surface area contributed by atoms with Gasteiger partial charge in [-0.2, -0.15) is 9.97 Å². The first-order valence-electron chi connectivity index (χ1n) is 17.8. The molecule has 0 saturated heterocycles. The van der Waals surface area contributed by atoms with E-state index in [9.17, 15) is 0 Å². The predicted molar refractivity (Wildman–Crippen MR) is 216 cm³/mol. The summed E-state index contributed by atoms with van der Waals surface area (Å²) in [5, 5.41) is 4.72. The monoisotopic (exact) mass is 675 g/mol. The lowest BCUT2D eigenvalue weighted by molar-refractivity contribution is 0.953. The highest BCUT2D eigenvalue weighted by atomic mass is 15.2. The Balaban J connectivity index is 1.20. The molecule has 11 rings (SSSR count). The van der Waals surface area contributed by atoms with E-state index in [2.05, 4.69) is 149 Å². The Morgan fingerprint density at radius 3 is 1.74 bits per heavy atom. The van der Waals surface area contributed by atoms with Crippen molar-refractivity contribution < 1.29 is 0 Å². The molecule has 0 atom stereocenters. The molecule has 1 aliphatic carbocycles. The predicted octanol–water partition coefficient (Wildman–Crippen LogP) is 11.8. The van der Waals surface area contributed by atoms with Gasteiger partial charge in [-0.15, -0.1) is 0 Å². The van der Waals surface area contributed by atoms with Crippen LogP contribution in [0, 0.1) is 0 Å². The van der Waals surface area contributed by atoms with Crippen molar-refractivity contribution in [2.24, 2.45) is 0 Å². The minimum Gasteiger partial charge on any atom is -0.278 e. The number of nitrogens with zero attached hydrogens (tertiary/aromatic N) is 5. The molecule has 0 saturated carbocycles. The van der Waals surface area contributed by atoms with Crippen LogP contribution in [0.15, 0.2) is 176 Å². The van der Waals surface area contributed by atoms with Crippen LogP contribution in [0.3, 0.4) is 0 Å². The summed E-state index contributed by atoms with van der Waals surface area (Å²) in [6.45, 7) is 0. The Morgan fingerprint density at radius 2 is 0.981 bits per heavy atom. The molecule has 0 bridgehead atoms. The molecule has 0 N–H and O–H groups in total. The minimum absolute atomic E-state index is 0.571. The van der Waals surface area contributed by atoms with E-state index in [1.54, 1.807) is 0 Å². The van der Waals surface area contributed by atoms with Crippen LogP contribution in [-0.2, 0) is 0 Å². The number of para-hydroxylation sites is 1. The van der Waals surface area contributed by atoms with Gasteiger partial charge in [0.15, 0.2) is 11.6 Å². The number of aromatic nitrogens is 5. The zero-order valence-electron chi connectivity index (χ0n) is 28.5. The van der Waals surface area contributed by atoms with E-state index in [1.165, 1.54) is 33.0 Å². The molecule has 3 aromatic heterocycles. The largest absolute Gasteiger partial charge is 0.278 e. The highest BCUT2D eigenvalue weighted by molar-refractivity contribution is 6.18. The van der Waals surface area contributed by atoms with Crippen LogP contribution in [0.1, 0.15) is 0 Å². The van der Waals surface area contributed by atoms with Gasteiger partial charge in [0.2, 0.25) is 5.95 Å². The number of pyridine rings is 1. The number of hydrogen-bond acceptors (Lipinski definition) is 4. The molecule has 246 valence electrons. The van der Waals surface area contributed by atoms with Gasteiger partial charge in [0.25, 0.3) is 0 Å². The molecule has 53 heavy (non-hydrogen) atoms. The molecule has 5 heteroatoms. The Hall–Kier alpha value is -7.24. The van der Waals surface area contributed by atoms with Crippen LogP contribution < -0.4 is 0 Å². The number of rotatable bonds is 4. The lowest BCUT2D eigenvalue weighted by Gasteiger charge is -2.14. The van der Waals surface area contributed by atoms with E-state index >= 15 is 0 Å². The van der Waals surface area contributed by atoms with Crippen LogP contribution in [-0.4, -0.2) is 24.5 Å². The summed E-state index contributed by atoms with van der Waals surface area (Å²) in [4.78, 5) is 20.1. The molecule has 0 amide bonds. The minimum atomic E-state index is 0.571. The maximum absolute atomic E-state index is 5.25. The fourth-order valence-corrected chi connectivity index (χ4v) is 8.06. The topological polar surface area (TPSA) is 56.5 Å². The molecule has 0 aliphatic heterocycles. The molecule has 1 aliphatic rings. The lowest BCUT2D eigenvalue weighted by atomic mass is 9.93. The van der Waals surface area contributed by atoms with Crippen molar-refractivity contribution in [1.82, 2.24) is 24.5 Å². The van der Waals surface area contributed by atoms with E-state index < -0.39 is 0 Å². The van der Waals surface area contributed by atoms with Crippen molar-refractivity contribution in [2.75, 3.05) is 0 Å². The molecule has 0 radical (unpaired) electrons. The average molecular weight is 676 g/mol. The van der Waals surface area contributed by atoms with Crippen molar-refractivity contribution >= 4 is 32.6 Å². The summed E-state index contributed by atoms with van der Waals surface area (Å²) >= 11 is 0. The maximum Gasteiger partial charge on any atom is 0.238 e. The van der Waals surface area contributed by atoms with Crippen molar-refractivity contribution in [3.05, 3.63) is 176 Å². The SMILES string of the molecule is c1ccc(-c2ccc(-c3nc(-c4ccccc4)nc(-n4c5ccccc5c5cc6c(cc54)-c4cccc5cccc(c45)-c4ccncc4-6)n3)cc2)cc1. The molecule has 7 aromatic carbocycles. The molecule has 10 aromatic rings. The van der Waals surface area contributed by atoms with E-state index in [-0.39, 0.29) is 0 Å². The second-order valence-electron chi connectivity index (χ2n) is 13.5. The van der Waals surface area contributed by atoms with Crippen LogP contribution in [0.5, 0.6) is 0 Å². The first-order chi connectivity index (χ1) is 26.3.